The molecule has 0 N–H and O–H groups in total. The van der Waals surface area contributed by atoms with Gasteiger partial charge in [-0.25, -0.2) is 4.98 Å². The van der Waals surface area contributed by atoms with Gasteiger partial charge in [0.15, 0.2) is 5.06 Å². The molecule has 104 valence electrons. The predicted octanol–water partition coefficient (Wildman–Crippen LogP) is 3.55. The Morgan fingerprint density at radius 2 is 2.10 bits per heavy atom. The van der Waals surface area contributed by atoms with E-state index in [1.165, 1.54) is 11.3 Å². The molecule has 1 heterocycles. The molecule has 1 aromatic carbocycles. The highest BCUT2D eigenvalue weighted by Crippen LogP contribution is 2.21. The van der Waals surface area contributed by atoms with Crippen LogP contribution in [0.5, 0.6) is 5.06 Å². The van der Waals surface area contributed by atoms with Crippen LogP contribution < -0.4 is 4.74 Å². The summed E-state index contributed by atoms with van der Waals surface area (Å²) in [7, 11) is 0. The molecule has 7 heteroatoms. The number of hydrogen-bond acceptors (Lipinski definition) is 5. The molecule has 6 nitrogen and oxygen atoms in total. The van der Waals surface area contributed by atoms with Crippen LogP contribution in [0.25, 0.3) is 10.4 Å². The quantitative estimate of drug-likeness (QED) is 0.323. The lowest BCUT2D eigenvalue weighted by Gasteiger charge is -2.05. The second-order valence-electron chi connectivity index (χ2n) is 3.85. The first-order valence-corrected chi connectivity index (χ1v) is 6.90. The Balaban J connectivity index is 1.63. The minimum absolute atomic E-state index is 0.259. The Labute approximate surface area is 120 Å². The minimum Gasteiger partial charge on any atom is -0.480 e. The number of benzene rings is 1. The van der Waals surface area contributed by atoms with Gasteiger partial charge in [-0.05, 0) is 11.1 Å². The van der Waals surface area contributed by atoms with E-state index in [0.717, 1.165) is 10.6 Å². The van der Waals surface area contributed by atoms with Crippen LogP contribution in [-0.4, -0.2) is 18.2 Å². The minimum atomic E-state index is 0.259. The molecule has 0 aliphatic rings. The average Bonchev–Trinajstić information content (AvgIpc) is 2.94. The van der Waals surface area contributed by atoms with Crippen molar-refractivity contribution in [1.82, 2.24) is 4.98 Å². The maximum atomic E-state index is 8.22. The summed E-state index contributed by atoms with van der Waals surface area (Å²) < 4.78 is 11.0. The van der Waals surface area contributed by atoms with Crippen molar-refractivity contribution >= 4 is 11.3 Å². The number of hydrogen-bond donors (Lipinski definition) is 0. The normalized spacial score (nSPS) is 10.0. The smallest absolute Gasteiger partial charge is 0.194 e. The molecule has 0 fully saturated rings. The lowest BCUT2D eigenvalue weighted by atomic mass is 10.2. The third-order valence-electron chi connectivity index (χ3n) is 2.39. The molecule has 0 aliphatic heterocycles. The zero-order valence-corrected chi connectivity index (χ0v) is 11.6. The number of rotatable bonds is 8. The van der Waals surface area contributed by atoms with E-state index in [9.17, 15) is 0 Å². The fraction of sp³-hybridized carbons (Fsp3) is 0.308. The summed E-state index contributed by atoms with van der Waals surface area (Å²) >= 11 is 1.37. The average molecular weight is 290 g/mol. The van der Waals surface area contributed by atoms with Crippen LogP contribution in [0.2, 0.25) is 0 Å². The van der Waals surface area contributed by atoms with E-state index < -0.39 is 0 Å². The molecular formula is C13H14N4O2S. The zero-order chi connectivity index (χ0) is 14.0. The molecular weight excluding hydrogens is 276 g/mol. The van der Waals surface area contributed by atoms with Crippen molar-refractivity contribution in [3.63, 3.8) is 0 Å². The third-order valence-corrected chi connectivity index (χ3v) is 3.28. The fourth-order valence-electron chi connectivity index (χ4n) is 1.49. The topological polar surface area (TPSA) is 80.1 Å². The first-order valence-electron chi connectivity index (χ1n) is 6.08. The zero-order valence-electron chi connectivity index (χ0n) is 10.8. The molecule has 0 saturated carbocycles. The number of aromatic nitrogens is 1. The summed E-state index contributed by atoms with van der Waals surface area (Å²) in [6, 6.07) is 9.98. The van der Waals surface area contributed by atoms with E-state index >= 15 is 0 Å². The highest BCUT2D eigenvalue weighted by Gasteiger charge is 2.01. The van der Waals surface area contributed by atoms with E-state index in [-0.39, 0.29) is 6.54 Å². The molecule has 20 heavy (non-hydrogen) atoms. The highest BCUT2D eigenvalue weighted by atomic mass is 32.1. The monoisotopic (exact) mass is 290 g/mol. The van der Waals surface area contributed by atoms with E-state index in [0.29, 0.717) is 24.9 Å². The number of ether oxygens (including phenoxy) is 2. The van der Waals surface area contributed by atoms with Gasteiger partial charge in [0.25, 0.3) is 0 Å². The molecule has 0 spiro atoms. The van der Waals surface area contributed by atoms with Gasteiger partial charge < -0.3 is 9.47 Å². The maximum absolute atomic E-state index is 8.22. The molecule has 0 bridgehead atoms. The first-order chi connectivity index (χ1) is 9.88. The molecule has 0 aliphatic carbocycles. The van der Waals surface area contributed by atoms with E-state index in [1.54, 1.807) is 6.20 Å². The maximum Gasteiger partial charge on any atom is 0.194 e. The summed E-state index contributed by atoms with van der Waals surface area (Å²) in [5.41, 5.74) is 9.36. The van der Waals surface area contributed by atoms with Gasteiger partial charge in [0.05, 0.1) is 26.0 Å². The summed E-state index contributed by atoms with van der Waals surface area (Å²) in [6.07, 6.45) is 1.63. The van der Waals surface area contributed by atoms with Gasteiger partial charge in [-0.3, -0.25) is 0 Å². The summed E-state index contributed by atoms with van der Waals surface area (Å²) in [5.74, 6) is 0. The largest absolute Gasteiger partial charge is 0.480 e. The summed E-state index contributed by atoms with van der Waals surface area (Å²) in [6.45, 7) is 1.82. The van der Waals surface area contributed by atoms with Crippen molar-refractivity contribution < 1.29 is 9.47 Å². The Morgan fingerprint density at radius 1 is 1.25 bits per heavy atom. The van der Waals surface area contributed by atoms with Gasteiger partial charge in [-0.1, -0.05) is 46.8 Å². The van der Waals surface area contributed by atoms with Crippen LogP contribution in [0.4, 0.5) is 0 Å². The lowest BCUT2D eigenvalue weighted by molar-refractivity contribution is 0.0900. The summed E-state index contributed by atoms with van der Waals surface area (Å²) in [5, 5.41) is 4.89. The molecule has 0 atom stereocenters. The number of thiazole rings is 1. The van der Waals surface area contributed by atoms with Crippen molar-refractivity contribution in [2.24, 2.45) is 5.11 Å². The Bertz CT molecular complexity index is 567. The molecule has 0 amide bonds. The van der Waals surface area contributed by atoms with Crippen LogP contribution >= 0.6 is 11.3 Å². The van der Waals surface area contributed by atoms with Crippen LogP contribution in [0.15, 0.2) is 41.6 Å². The predicted molar refractivity (Wildman–Crippen MR) is 76.6 cm³/mol. The molecule has 0 radical (unpaired) electrons. The van der Waals surface area contributed by atoms with E-state index in [4.69, 9.17) is 15.0 Å². The van der Waals surface area contributed by atoms with Gasteiger partial charge in [0.1, 0.15) is 11.6 Å². The van der Waals surface area contributed by atoms with Gasteiger partial charge >= 0.3 is 0 Å². The van der Waals surface area contributed by atoms with Crippen molar-refractivity contribution in [3.8, 4) is 5.06 Å². The molecule has 0 saturated heterocycles. The molecule has 1 aromatic heterocycles. The third kappa shape index (κ3) is 4.89. The molecule has 2 rings (SSSR count). The van der Waals surface area contributed by atoms with E-state index in [1.807, 2.05) is 30.3 Å². The molecule has 2 aromatic rings. The Hall–Kier alpha value is -2.08. The molecule has 0 unspecified atom stereocenters. The van der Waals surface area contributed by atoms with Crippen LogP contribution in [0.3, 0.4) is 0 Å². The Kier molecular flexibility index (Phi) is 5.85. The second kappa shape index (κ2) is 8.16. The first kappa shape index (κ1) is 14.3. The van der Waals surface area contributed by atoms with Crippen LogP contribution in [0, 0.1) is 0 Å². The number of nitrogens with zero attached hydrogens (tertiary/aromatic N) is 4. The summed E-state index contributed by atoms with van der Waals surface area (Å²) in [4.78, 5) is 6.77. The standard InChI is InChI=1S/C13H14N4O2S/c14-17-16-8-12-15-9-13(20-12)19-7-6-18-10-11-4-2-1-3-5-11/h1-5,9H,6-8,10H2. The van der Waals surface area contributed by atoms with Crippen molar-refractivity contribution in [2.45, 2.75) is 13.2 Å². The van der Waals surface area contributed by atoms with Gasteiger partial charge in [-0.2, -0.15) is 0 Å². The van der Waals surface area contributed by atoms with Crippen molar-refractivity contribution in [2.75, 3.05) is 13.2 Å². The van der Waals surface area contributed by atoms with Gasteiger partial charge in [-0.15, -0.1) is 0 Å². The lowest BCUT2D eigenvalue weighted by Crippen LogP contribution is -2.05. The van der Waals surface area contributed by atoms with Gasteiger partial charge in [0.2, 0.25) is 0 Å². The van der Waals surface area contributed by atoms with Crippen LogP contribution in [-0.2, 0) is 17.9 Å². The van der Waals surface area contributed by atoms with Gasteiger partial charge in [0, 0.05) is 4.91 Å². The number of azide groups is 1. The second-order valence-corrected chi connectivity index (χ2v) is 4.93. The highest BCUT2D eigenvalue weighted by molar-refractivity contribution is 7.13. The van der Waals surface area contributed by atoms with E-state index in [2.05, 4.69) is 15.0 Å². The van der Waals surface area contributed by atoms with Crippen LogP contribution in [0.1, 0.15) is 10.6 Å². The fourth-order valence-corrected chi connectivity index (χ4v) is 2.20. The Morgan fingerprint density at radius 3 is 2.90 bits per heavy atom. The van der Waals surface area contributed by atoms with Crippen molar-refractivity contribution in [3.05, 3.63) is 57.5 Å². The SMILES string of the molecule is [N-]=[N+]=NCc1ncc(OCCOCc2ccccc2)s1. The van der Waals surface area contributed by atoms with Crippen molar-refractivity contribution in [1.29, 1.82) is 0 Å².